The second-order valence-corrected chi connectivity index (χ2v) is 3.83. The van der Waals surface area contributed by atoms with Gasteiger partial charge in [-0.15, -0.1) is 0 Å². The molecular weight excluding hydrogens is 182 g/mol. The number of rotatable bonds is 3. The van der Waals surface area contributed by atoms with Crippen LogP contribution in [0.5, 0.6) is 0 Å². The quantitative estimate of drug-likeness (QED) is 0.698. The van der Waals surface area contributed by atoms with Crippen LogP contribution in [0.2, 0.25) is 0 Å². The summed E-state index contributed by atoms with van der Waals surface area (Å²) in [6.45, 7) is 4.11. The third-order valence-corrected chi connectivity index (χ3v) is 1.98. The van der Waals surface area contributed by atoms with Crippen LogP contribution < -0.4 is 5.46 Å². The molecule has 1 aromatic rings. The topological polar surface area (TPSA) is 40.5 Å². The van der Waals surface area contributed by atoms with Crippen molar-refractivity contribution in [2.45, 2.75) is 20.3 Å². The Balaban J connectivity index is 2.94. The van der Waals surface area contributed by atoms with Crippen LogP contribution in [-0.2, 0) is 6.42 Å². The van der Waals surface area contributed by atoms with Crippen LogP contribution >= 0.6 is 0 Å². The lowest BCUT2D eigenvalue weighted by Gasteiger charge is -2.07. The molecule has 0 radical (unpaired) electrons. The lowest BCUT2D eigenvalue weighted by molar-refractivity contribution is 0.423. The molecule has 0 aliphatic rings. The third kappa shape index (κ3) is 2.82. The summed E-state index contributed by atoms with van der Waals surface area (Å²) in [5.74, 6) is -0.114. The van der Waals surface area contributed by atoms with Gasteiger partial charge in [0.15, 0.2) is 0 Å². The van der Waals surface area contributed by atoms with Crippen molar-refractivity contribution in [3.05, 3.63) is 29.6 Å². The first-order valence-corrected chi connectivity index (χ1v) is 4.65. The third-order valence-electron chi connectivity index (χ3n) is 1.98. The van der Waals surface area contributed by atoms with Crippen LogP contribution in [0.25, 0.3) is 0 Å². The lowest BCUT2D eigenvalue weighted by atomic mass is 9.78. The predicted octanol–water partition coefficient (Wildman–Crippen LogP) is 0.704. The zero-order chi connectivity index (χ0) is 10.7. The summed E-state index contributed by atoms with van der Waals surface area (Å²) in [5.41, 5.74) is 0.868. The molecule has 2 N–H and O–H groups in total. The molecule has 0 aliphatic heterocycles. The largest absolute Gasteiger partial charge is 0.491 e. The van der Waals surface area contributed by atoms with Gasteiger partial charge in [0.2, 0.25) is 0 Å². The minimum Gasteiger partial charge on any atom is -0.423 e. The Kier molecular flexibility index (Phi) is 3.66. The lowest BCUT2D eigenvalue weighted by Crippen LogP contribution is -2.33. The van der Waals surface area contributed by atoms with Crippen molar-refractivity contribution in [3.8, 4) is 0 Å². The van der Waals surface area contributed by atoms with Crippen molar-refractivity contribution in [1.29, 1.82) is 0 Å². The van der Waals surface area contributed by atoms with Gasteiger partial charge in [-0.05, 0) is 24.0 Å². The van der Waals surface area contributed by atoms with Crippen molar-refractivity contribution in [2.75, 3.05) is 0 Å². The van der Waals surface area contributed by atoms with Crippen molar-refractivity contribution in [1.82, 2.24) is 0 Å². The van der Waals surface area contributed by atoms with Gasteiger partial charge >= 0.3 is 7.12 Å². The van der Waals surface area contributed by atoms with Gasteiger partial charge in [0, 0.05) is 5.46 Å². The van der Waals surface area contributed by atoms with E-state index in [1.54, 1.807) is 6.07 Å². The maximum atomic E-state index is 13.0. The Morgan fingerprint density at radius 1 is 1.36 bits per heavy atom. The molecule has 0 bridgehead atoms. The van der Waals surface area contributed by atoms with Crippen molar-refractivity contribution in [3.63, 3.8) is 0 Å². The van der Waals surface area contributed by atoms with Crippen molar-refractivity contribution >= 4 is 12.6 Å². The first kappa shape index (κ1) is 11.2. The molecule has 1 aromatic carbocycles. The van der Waals surface area contributed by atoms with Gasteiger partial charge < -0.3 is 10.0 Å². The Morgan fingerprint density at radius 3 is 2.50 bits per heavy atom. The number of hydrogen-bond acceptors (Lipinski definition) is 2. The Hall–Kier alpha value is -0.865. The molecule has 0 fully saturated rings. The predicted molar refractivity (Wildman–Crippen MR) is 54.8 cm³/mol. The van der Waals surface area contributed by atoms with Gasteiger partial charge in [-0.25, -0.2) is 4.39 Å². The van der Waals surface area contributed by atoms with E-state index in [2.05, 4.69) is 13.8 Å². The molecule has 0 saturated carbocycles. The Morgan fingerprint density at radius 2 is 2.00 bits per heavy atom. The van der Waals surface area contributed by atoms with Crippen LogP contribution in [0, 0.1) is 11.7 Å². The minimum absolute atomic E-state index is 0.0526. The summed E-state index contributed by atoms with van der Waals surface area (Å²) < 4.78 is 13.0. The van der Waals surface area contributed by atoms with E-state index in [1.165, 1.54) is 12.1 Å². The van der Waals surface area contributed by atoms with Gasteiger partial charge in [-0.1, -0.05) is 26.0 Å². The molecule has 4 heteroatoms. The summed E-state index contributed by atoms with van der Waals surface area (Å²) in [6.07, 6.45) is 0.806. The molecule has 1 rings (SSSR count). The summed E-state index contributed by atoms with van der Waals surface area (Å²) >= 11 is 0. The highest BCUT2D eigenvalue weighted by Crippen LogP contribution is 2.07. The highest BCUT2D eigenvalue weighted by atomic mass is 19.1. The Labute approximate surface area is 83.5 Å². The fourth-order valence-electron chi connectivity index (χ4n) is 1.39. The fourth-order valence-corrected chi connectivity index (χ4v) is 1.39. The van der Waals surface area contributed by atoms with E-state index in [9.17, 15) is 4.39 Å². The monoisotopic (exact) mass is 196 g/mol. The first-order valence-electron chi connectivity index (χ1n) is 4.65. The van der Waals surface area contributed by atoms with Crippen LogP contribution in [0.4, 0.5) is 4.39 Å². The van der Waals surface area contributed by atoms with Crippen LogP contribution in [0.3, 0.4) is 0 Å². The van der Waals surface area contributed by atoms with Gasteiger partial charge in [-0.2, -0.15) is 0 Å². The Bertz CT molecular complexity index is 313. The average molecular weight is 196 g/mol. The van der Waals surface area contributed by atoms with Gasteiger partial charge in [-0.3, -0.25) is 0 Å². The highest BCUT2D eigenvalue weighted by Gasteiger charge is 2.16. The van der Waals surface area contributed by atoms with Gasteiger partial charge in [0.25, 0.3) is 0 Å². The molecule has 14 heavy (non-hydrogen) atoms. The first-order chi connectivity index (χ1) is 6.50. The average Bonchev–Trinajstić information content (AvgIpc) is 2.07. The summed E-state index contributed by atoms with van der Waals surface area (Å²) in [4.78, 5) is 0. The molecule has 0 amide bonds. The molecule has 2 nitrogen and oxygen atoms in total. The SMILES string of the molecule is CC(C)Cc1ccc(F)c(B(O)O)c1. The summed E-state index contributed by atoms with van der Waals surface area (Å²) in [5, 5.41) is 17.8. The molecule has 0 aromatic heterocycles. The van der Waals surface area contributed by atoms with E-state index in [4.69, 9.17) is 10.0 Å². The zero-order valence-corrected chi connectivity index (χ0v) is 8.37. The van der Waals surface area contributed by atoms with Gasteiger partial charge in [0.1, 0.15) is 5.82 Å². The molecule has 0 atom stereocenters. The van der Waals surface area contributed by atoms with E-state index in [0.29, 0.717) is 5.92 Å². The standard InChI is InChI=1S/C10H14BFO2/c1-7(2)5-8-3-4-10(12)9(6-8)11(13)14/h3-4,6-7,13-14H,5H2,1-2H3. The van der Waals surface area contributed by atoms with Crippen LogP contribution in [0.1, 0.15) is 19.4 Å². The van der Waals surface area contributed by atoms with E-state index < -0.39 is 12.9 Å². The minimum atomic E-state index is -1.73. The number of hydrogen-bond donors (Lipinski definition) is 2. The van der Waals surface area contributed by atoms with E-state index in [0.717, 1.165) is 12.0 Å². The second-order valence-electron chi connectivity index (χ2n) is 3.83. The summed E-state index contributed by atoms with van der Waals surface area (Å²) in [6, 6.07) is 4.44. The fraction of sp³-hybridized carbons (Fsp3) is 0.400. The van der Waals surface area contributed by atoms with E-state index >= 15 is 0 Å². The van der Waals surface area contributed by atoms with Crippen LogP contribution in [-0.4, -0.2) is 17.2 Å². The molecule has 0 saturated heterocycles. The normalized spacial score (nSPS) is 10.7. The zero-order valence-electron chi connectivity index (χ0n) is 8.37. The maximum absolute atomic E-state index is 13.0. The summed E-state index contributed by atoms with van der Waals surface area (Å²) in [7, 11) is -1.73. The highest BCUT2D eigenvalue weighted by molar-refractivity contribution is 6.58. The van der Waals surface area contributed by atoms with E-state index in [-0.39, 0.29) is 5.46 Å². The molecule has 0 aliphatic carbocycles. The van der Waals surface area contributed by atoms with Crippen molar-refractivity contribution in [2.24, 2.45) is 5.92 Å². The molecule has 0 heterocycles. The number of halogens is 1. The molecule has 0 spiro atoms. The van der Waals surface area contributed by atoms with E-state index in [1.807, 2.05) is 0 Å². The van der Waals surface area contributed by atoms with Crippen molar-refractivity contribution < 1.29 is 14.4 Å². The van der Waals surface area contributed by atoms with Gasteiger partial charge in [0.05, 0.1) is 0 Å². The molecule has 0 unspecified atom stereocenters. The number of benzene rings is 1. The van der Waals surface area contributed by atoms with Crippen LogP contribution in [0.15, 0.2) is 18.2 Å². The molecular formula is C10H14BFO2. The maximum Gasteiger partial charge on any atom is 0.491 e. The second kappa shape index (κ2) is 4.57. The molecule has 76 valence electrons. The smallest absolute Gasteiger partial charge is 0.423 e.